The lowest BCUT2D eigenvalue weighted by molar-refractivity contribution is -0.137. The molecule has 2 fully saturated rings. The van der Waals surface area contributed by atoms with E-state index in [0.717, 1.165) is 32.4 Å². The van der Waals surface area contributed by atoms with Crippen LogP contribution in [0.2, 0.25) is 0 Å². The molecule has 0 spiro atoms. The van der Waals surface area contributed by atoms with Gasteiger partial charge in [-0.05, 0) is 65.0 Å². The van der Waals surface area contributed by atoms with E-state index in [1.54, 1.807) is 0 Å². The number of hydrogen-bond donors (Lipinski definition) is 1. The van der Waals surface area contributed by atoms with Gasteiger partial charge in [0.2, 0.25) is 11.8 Å². The van der Waals surface area contributed by atoms with Crippen LogP contribution in [0.4, 0.5) is 0 Å². The molecule has 1 aliphatic heterocycles. The van der Waals surface area contributed by atoms with Crippen molar-refractivity contribution in [2.45, 2.75) is 84.8 Å². The van der Waals surface area contributed by atoms with Crippen molar-refractivity contribution in [1.29, 1.82) is 0 Å². The first-order valence-electron chi connectivity index (χ1n) is 10.5. The maximum Gasteiger partial charge on any atom is 0.237 e. The van der Waals surface area contributed by atoms with Crippen LogP contribution in [-0.2, 0) is 9.59 Å². The summed E-state index contributed by atoms with van der Waals surface area (Å²) in [5, 5.41) is 3.31. The average Bonchev–Trinajstić information content (AvgIpc) is 2.63. The summed E-state index contributed by atoms with van der Waals surface area (Å²) in [5.74, 6) is 1.74. The fraction of sp³-hybridized carbons (Fsp3) is 0.905. The van der Waals surface area contributed by atoms with Crippen molar-refractivity contribution in [3.8, 4) is 0 Å². The van der Waals surface area contributed by atoms with E-state index in [9.17, 15) is 9.59 Å². The second-order valence-electron chi connectivity index (χ2n) is 8.91. The number of hydrogen-bond acceptors (Lipinski definition) is 3. The van der Waals surface area contributed by atoms with Gasteiger partial charge >= 0.3 is 0 Å². The van der Waals surface area contributed by atoms with Crippen LogP contribution in [0.25, 0.3) is 0 Å². The molecule has 5 nitrogen and oxygen atoms in total. The van der Waals surface area contributed by atoms with Gasteiger partial charge in [-0.15, -0.1) is 0 Å². The quantitative estimate of drug-likeness (QED) is 0.815. The third-order valence-electron chi connectivity index (χ3n) is 6.96. The summed E-state index contributed by atoms with van der Waals surface area (Å²) in [4.78, 5) is 29.3. The fourth-order valence-corrected chi connectivity index (χ4v) is 4.33. The molecular formula is C21H39N3O2. The summed E-state index contributed by atoms with van der Waals surface area (Å²) < 4.78 is 0. The van der Waals surface area contributed by atoms with Crippen LogP contribution >= 0.6 is 0 Å². The zero-order valence-corrected chi connectivity index (χ0v) is 17.6. The highest BCUT2D eigenvalue weighted by Gasteiger charge is 2.33. The van der Waals surface area contributed by atoms with E-state index in [-0.39, 0.29) is 29.8 Å². The molecule has 1 saturated carbocycles. The van der Waals surface area contributed by atoms with Crippen molar-refractivity contribution in [3.63, 3.8) is 0 Å². The summed E-state index contributed by atoms with van der Waals surface area (Å²) in [6, 6.07) is 0.441. The van der Waals surface area contributed by atoms with Gasteiger partial charge in [0.1, 0.15) is 0 Å². The van der Waals surface area contributed by atoms with Crippen molar-refractivity contribution in [3.05, 3.63) is 0 Å². The lowest BCUT2D eigenvalue weighted by Gasteiger charge is -2.39. The summed E-state index contributed by atoms with van der Waals surface area (Å²) in [6.07, 6.45) is 5.29. The molecule has 0 aromatic rings. The maximum atomic E-state index is 12.7. The lowest BCUT2D eigenvalue weighted by atomic mass is 9.78. The lowest BCUT2D eigenvalue weighted by Crippen LogP contribution is -2.53. The molecule has 150 valence electrons. The molecule has 1 heterocycles. The minimum Gasteiger partial charge on any atom is -0.352 e. The van der Waals surface area contributed by atoms with Crippen LogP contribution in [0, 0.1) is 17.8 Å². The van der Waals surface area contributed by atoms with Crippen LogP contribution < -0.4 is 5.32 Å². The molecule has 2 aliphatic rings. The fourth-order valence-electron chi connectivity index (χ4n) is 4.33. The molecule has 1 saturated heterocycles. The van der Waals surface area contributed by atoms with Gasteiger partial charge < -0.3 is 10.2 Å². The number of piperidine rings is 1. The van der Waals surface area contributed by atoms with Gasteiger partial charge in [-0.25, -0.2) is 0 Å². The molecule has 0 radical (unpaired) electrons. The number of nitrogens with one attached hydrogen (secondary N) is 1. The Hall–Kier alpha value is -1.10. The van der Waals surface area contributed by atoms with Crippen molar-refractivity contribution >= 4 is 11.8 Å². The van der Waals surface area contributed by atoms with Crippen molar-refractivity contribution in [1.82, 2.24) is 15.1 Å². The van der Waals surface area contributed by atoms with Crippen LogP contribution in [0.15, 0.2) is 0 Å². The number of amides is 2. The minimum absolute atomic E-state index is 0.105. The maximum absolute atomic E-state index is 12.7. The van der Waals surface area contributed by atoms with Crippen molar-refractivity contribution in [2.75, 3.05) is 20.1 Å². The molecule has 4 unspecified atom stereocenters. The van der Waals surface area contributed by atoms with Crippen LogP contribution in [0.5, 0.6) is 0 Å². The molecule has 4 atom stereocenters. The van der Waals surface area contributed by atoms with E-state index in [4.69, 9.17) is 0 Å². The number of carbonyl (C=O) groups is 2. The second-order valence-corrected chi connectivity index (χ2v) is 8.91. The van der Waals surface area contributed by atoms with Crippen LogP contribution in [0.3, 0.4) is 0 Å². The first kappa shape index (κ1) is 21.2. The Morgan fingerprint density at radius 2 is 1.65 bits per heavy atom. The monoisotopic (exact) mass is 365 g/mol. The Morgan fingerprint density at radius 3 is 2.23 bits per heavy atom. The number of carbonyl (C=O) groups excluding carboxylic acids is 2. The smallest absolute Gasteiger partial charge is 0.237 e. The van der Waals surface area contributed by atoms with Crippen molar-refractivity contribution < 1.29 is 9.59 Å². The number of rotatable bonds is 5. The van der Waals surface area contributed by atoms with Gasteiger partial charge in [-0.2, -0.15) is 0 Å². The highest BCUT2D eigenvalue weighted by Crippen LogP contribution is 2.29. The number of nitrogens with zero attached hydrogens (tertiary/aromatic N) is 2. The van der Waals surface area contributed by atoms with Gasteiger partial charge in [-0.3, -0.25) is 14.5 Å². The average molecular weight is 366 g/mol. The Balaban J connectivity index is 1.83. The summed E-state index contributed by atoms with van der Waals surface area (Å²) >= 11 is 0. The third kappa shape index (κ3) is 4.99. The molecule has 1 N–H and O–H groups in total. The van der Waals surface area contributed by atoms with E-state index in [1.165, 1.54) is 12.8 Å². The Bertz CT molecular complexity index is 486. The van der Waals surface area contributed by atoms with Crippen molar-refractivity contribution in [2.24, 2.45) is 17.8 Å². The van der Waals surface area contributed by atoms with E-state index in [2.05, 4.69) is 24.1 Å². The van der Waals surface area contributed by atoms with E-state index in [1.807, 2.05) is 32.7 Å². The molecule has 1 aliphatic carbocycles. The minimum atomic E-state index is -0.113. The Labute approximate surface area is 159 Å². The first-order valence-corrected chi connectivity index (χ1v) is 10.5. The predicted octanol–water partition coefficient (Wildman–Crippen LogP) is 2.89. The largest absolute Gasteiger partial charge is 0.352 e. The molecular weight excluding hydrogens is 326 g/mol. The molecule has 0 aromatic carbocycles. The molecule has 2 amide bonds. The van der Waals surface area contributed by atoms with E-state index < -0.39 is 0 Å². The normalized spacial score (nSPS) is 29.4. The molecule has 5 heteroatoms. The summed E-state index contributed by atoms with van der Waals surface area (Å²) in [5.41, 5.74) is 0. The highest BCUT2D eigenvalue weighted by atomic mass is 16.2. The molecule has 26 heavy (non-hydrogen) atoms. The topological polar surface area (TPSA) is 52.7 Å². The van der Waals surface area contributed by atoms with Crippen LogP contribution in [-0.4, -0.2) is 59.9 Å². The van der Waals surface area contributed by atoms with Gasteiger partial charge in [0.15, 0.2) is 0 Å². The zero-order valence-electron chi connectivity index (χ0n) is 17.6. The molecule has 2 rings (SSSR count). The Morgan fingerprint density at radius 1 is 1.04 bits per heavy atom. The van der Waals surface area contributed by atoms with Gasteiger partial charge in [-0.1, -0.05) is 26.7 Å². The highest BCUT2D eigenvalue weighted by molar-refractivity contribution is 5.82. The van der Waals surface area contributed by atoms with Gasteiger partial charge in [0, 0.05) is 25.0 Å². The summed E-state index contributed by atoms with van der Waals surface area (Å²) in [7, 11) is 1.89. The van der Waals surface area contributed by atoms with Crippen LogP contribution in [0.1, 0.15) is 66.7 Å². The van der Waals surface area contributed by atoms with E-state index in [0.29, 0.717) is 17.9 Å². The standard InChI is InChI=1S/C21H39N3O2/c1-14(2)23(6)21(26)18-10-12-24(13-11-18)17(5)20(25)22-19-9-7-8-15(3)16(19)4/h14-19H,7-13H2,1-6H3,(H,22,25). The second kappa shape index (κ2) is 9.20. The summed E-state index contributed by atoms with van der Waals surface area (Å²) in [6.45, 7) is 12.3. The first-order chi connectivity index (χ1) is 12.2. The molecule has 0 aromatic heterocycles. The number of likely N-dealkylation sites (tertiary alicyclic amines) is 1. The van der Waals surface area contributed by atoms with Gasteiger partial charge in [0.05, 0.1) is 6.04 Å². The molecule has 0 bridgehead atoms. The zero-order chi connectivity index (χ0) is 19.4. The Kier molecular flexibility index (Phi) is 7.51. The predicted molar refractivity (Wildman–Crippen MR) is 106 cm³/mol. The SMILES string of the molecule is CC1CCCC(NC(=O)C(C)N2CCC(C(=O)N(C)C(C)C)CC2)C1C. The van der Waals surface area contributed by atoms with E-state index >= 15 is 0 Å². The third-order valence-corrected chi connectivity index (χ3v) is 6.96. The van der Waals surface area contributed by atoms with Gasteiger partial charge in [0.25, 0.3) is 0 Å².